The molecule has 0 nitrogen and oxygen atoms in total. The Morgan fingerprint density at radius 1 is 1.19 bits per heavy atom. The van der Waals surface area contributed by atoms with Gasteiger partial charge in [0.15, 0.2) is 0 Å². The van der Waals surface area contributed by atoms with E-state index in [2.05, 4.69) is 53.9 Å². The molecule has 0 bridgehead atoms. The quantitative estimate of drug-likeness (QED) is 0.621. The van der Waals surface area contributed by atoms with Crippen molar-refractivity contribution in [3.05, 3.63) is 59.3 Å². The molecule has 0 heteroatoms. The largest absolute Gasteiger partial charge is 0.0987 e. The van der Waals surface area contributed by atoms with E-state index in [9.17, 15) is 0 Å². The van der Waals surface area contributed by atoms with E-state index in [1.807, 2.05) is 12.2 Å². The van der Waals surface area contributed by atoms with Gasteiger partial charge >= 0.3 is 0 Å². The van der Waals surface area contributed by atoms with E-state index in [-0.39, 0.29) is 5.41 Å². The fourth-order valence-electron chi connectivity index (χ4n) is 2.84. The summed E-state index contributed by atoms with van der Waals surface area (Å²) in [7, 11) is 0. The third kappa shape index (κ3) is 1.63. The molecule has 0 atom stereocenters. The van der Waals surface area contributed by atoms with Crippen molar-refractivity contribution in [2.75, 3.05) is 0 Å². The molecule has 0 aromatic rings. The molecule has 1 aliphatic carbocycles. The van der Waals surface area contributed by atoms with Gasteiger partial charge < -0.3 is 0 Å². The Labute approximate surface area is 99.8 Å². The van der Waals surface area contributed by atoms with E-state index in [1.54, 1.807) is 0 Å². The molecule has 0 aromatic carbocycles. The second-order valence-electron chi connectivity index (χ2n) is 4.83. The molecule has 86 valence electrons. The van der Waals surface area contributed by atoms with Crippen molar-refractivity contribution < 1.29 is 0 Å². The molecule has 0 spiro atoms. The van der Waals surface area contributed by atoms with Crippen LogP contribution >= 0.6 is 0 Å². The molecular formula is C16H22. The highest BCUT2D eigenvalue weighted by molar-refractivity contribution is 5.63. The Morgan fingerprint density at radius 3 is 2.06 bits per heavy atom. The fourth-order valence-corrected chi connectivity index (χ4v) is 2.84. The first-order valence-corrected chi connectivity index (χ1v) is 5.76. The van der Waals surface area contributed by atoms with E-state index in [4.69, 9.17) is 0 Å². The lowest BCUT2D eigenvalue weighted by atomic mass is 9.77. The van der Waals surface area contributed by atoms with Crippen molar-refractivity contribution in [2.24, 2.45) is 5.41 Å². The number of hydrogen-bond acceptors (Lipinski definition) is 0. The van der Waals surface area contributed by atoms with Crippen LogP contribution in [-0.2, 0) is 0 Å². The van der Waals surface area contributed by atoms with E-state index in [1.165, 1.54) is 27.9 Å². The molecule has 16 heavy (non-hydrogen) atoms. The van der Waals surface area contributed by atoms with Crippen LogP contribution in [0.2, 0.25) is 0 Å². The van der Waals surface area contributed by atoms with Crippen molar-refractivity contribution in [2.45, 2.75) is 34.6 Å². The molecule has 0 heterocycles. The molecule has 0 saturated heterocycles. The summed E-state index contributed by atoms with van der Waals surface area (Å²) in [5, 5.41) is 0. The van der Waals surface area contributed by atoms with Crippen molar-refractivity contribution in [3.63, 3.8) is 0 Å². The first kappa shape index (κ1) is 12.8. The van der Waals surface area contributed by atoms with Crippen molar-refractivity contribution in [3.8, 4) is 0 Å². The number of allylic oxidation sites excluding steroid dienone is 8. The predicted octanol–water partition coefficient (Wildman–Crippen LogP) is 4.98. The van der Waals surface area contributed by atoms with Gasteiger partial charge in [-0.3, -0.25) is 0 Å². The predicted molar refractivity (Wildman–Crippen MR) is 73.3 cm³/mol. The molecule has 0 amide bonds. The van der Waals surface area contributed by atoms with Gasteiger partial charge in [0.2, 0.25) is 0 Å². The Bertz CT molecular complexity index is 423. The molecule has 0 N–H and O–H groups in total. The van der Waals surface area contributed by atoms with Crippen LogP contribution in [0.5, 0.6) is 0 Å². The van der Waals surface area contributed by atoms with Crippen LogP contribution in [0.1, 0.15) is 34.6 Å². The van der Waals surface area contributed by atoms with Crippen molar-refractivity contribution in [1.82, 2.24) is 0 Å². The topological polar surface area (TPSA) is 0 Å². The normalized spacial score (nSPS) is 20.4. The summed E-state index contributed by atoms with van der Waals surface area (Å²) in [6.45, 7) is 18.8. The van der Waals surface area contributed by atoms with Gasteiger partial charge in [-0.25, -0.2) is 0 Å². The third-order valence-corrected chi connectivity index (χ3v) is 3.60. The first-order chi connectivity index (χ1) is 7.41. The maximum Gasteiger partial charge on any atom is 0.0157 e. The first-order valence-electron chi connectivity index (χ1n) is 5.76. The third-order valence-electron chi connectivity index (χ3n) is 3.60. The Morgan fingerprint density at radius 2 is 1.75 bits per heavy atom. The summed E-state index contributed by atoms with van der Waals surface area (Å²) >= 11 is 0. The van der Waals surface area contributed by atoms with E-state index in [0.29, 0.717) is 0 Å². The summed E-state index contributed by atoms with van der Waals surface area (Å²) in [5.74, 6) is 0. The van der Waals surface area contributed by atoms with Gasteiger partial charge in [0.05, 0.1) is 0 Å². The van der Waals surface area contributed by atoms with Gasteiger partial charge in [0, 0.05) is 5.41 Å². The summed E-state index contributed by atoms with van der Waals surface area (Å²) in [6, 6.07) is 0. The Balaban J connectivity index is 3.53. The van der Waals surface area contributed by atoms with Crippen molar-refractivity contribution >= 4 is 0 Å². The second-order valence-corrected chi connectivity index (χ2v) is 4.83. The van der Waals surface area contributed by atoms with Gasteiger partial charge in [-0.05, 0) is 43.1 Å². The minimum Gasteiger partial charge on any atom is -0.0987 e. The van der Waals surface area contributed by atoms with Gasteiger partial charge in [-0.2, -0.15) is 0 Å². The van der Waals surface area contributed by atoms with Crippen LogP contribution in [0.4, 0.5) is 0 Å². The zero-order valence-corrected chi connectivity index (χ0v) is 11.1. The SMILES string of the molecule is C=CC1=C(C=C)C(C)(C)C(/C(C)=C\C)=C1C. The molecule has 0 radical (unpaired) electrons. The molecule has 1 rings (SSSR count). The minimum absolute atomic E-state index is 0.0476. The monoisotopic (exact) mass is 214 g/mol. The fraction of sp³-hybridized carbons (Fsp3) is 0.375. The summed E-state index contributed by atoms with van der Waals surface area (Å²) in [4.78, 5) is 0. The summed E-state index contributed by atoms with van der Waals surface area (Å²) in [5.41, 5.74) is 6.68. The van der Waals surface area contributed by atoms with Crippen LogP contribution in [-0.4, -0.2) is 0 Å². The maximum atomic E-state index is 3.94. The van der Waals surface area contributed by atoms with Crippen LogP contribution in [0.25, 0.3) is 0 Å². The zero-order valence-electron chi connectivity index (χ0n) is 11.1. The summed E-state index contributed by atoms with van der Waals surface area (Å²) < 4.78 is 0. The standard InChI is InChI=1S/C16H22/c1-8-11(4)15-12(5)13(9-2)14(10-3)16(15,6)7/h8-10H,2-3H2,1,4-7H3/b11-8-. The van der Waals surface area contributed by atoms with Gasteiger partial charge in [-0.15, -0.1) is 0 Å². The van der Waals surface area contributed by atoms with E-state index < -0.39 is 0 Å². The maximum absolute atomic E-state index is 3.94. The smallest absolute Gasteiger partial charge is 0.0157 e. The molecule has 0 fully saturated rings. The molecule has 0 unspecified atom stereocenters. The average Bonchev–Trinajstić information content (AvgIpc) is 2.43. The highest BCUT2D eigenvalue weighted by Crippen LogP contribution is 2.50. The van der Waals surface area contributed by atoms with Gasteiger partial charge in [-0.1, -0.05) is 50.8 Å². The Hall–Kier alpha value is -1.30. The molecule has 0 aromatic heterocycles. The highest BCUT2D eigenvalue weighted by Gasteiger charge is 2.36. The highest BCUT2D eigenvalue weighted by atomic mass is 14.4. The van der Waals surface area contributed by atoms with Crippen LogP contribution in [0.3, 0.4) is 0 Å². The lowest BCUT2D eigenvalue weighted by Crippen LogP contribution is -2.15. The molecule has 0 aliphatic heterocycles. The lowest BCUT2D eigenvalue weighted by molar-refractivity contribution is 0.568. The van der Waals surface area contributed by atoms with Crippen LogP contribution < -0.4 is 0 Å². The number of rotatable bonds is 3. The van der Waals surface area contributed by atoms with E-state index in [0.717, 1.165) is 0 Å². The lowest BCUT2D eigenvalue weighted by Gasteiger charge is -2.26. The van der Waals surface area contributed by atoms with Crippen molar-refractivity contribution in [1.29, 1.82) is 0 Å². The molecule has 1 aliphatic rings. The van der Waals surface area contributed by atoms with Crippen LogP contribution in [0, 0.1) is 5.41 Å². The molecular weight excluding hydrogens is 192 g/mol. The van der Waals surface area contributed by atoms with Gasteiger partial charge in [0.25, 0.3) is 0 Å². The molecule has 0 saturated carbocycles. The zero-order chi connectivity index (χ0) is 12.5. The van der Waals surface area contributed by atoms with E-state index >= 15 is 0 Å². The average molecular weight is 214 g/mol. The van der Waals surface area contributed by atoms with Crippen LogP contribution in [0.15, 0.2) is 59.3 Å². The summed E-state index contributed by atoms with van der Waals surface area (Å²) in [6.07, 6.45) is 6.09. The number of hydrogen-bond donors (Lipinski definition) is 0. The van der Waals surface area contributed by atoms with Gasteiger partial charge in [0.1, 0.15) is 0 Å². The second kappa shape index (κ2) is 4.29. The minimum atomic E-state index is 0.0476. The Kier molecular flexibility index (Phi) is 3.42.